The van der Waals surface area contributed by atoms with E-state index >= 15 is 0 Å². The van der Waals surface area contributed by atoms with Gasteiger partial charge in [-0.15, -0.1) is 0 Å². The van der Waals surface area contributed by atoms with Crippen LogP contribution in [-0.4, -0.2) is 56.9 Å². The lowest BCUT2D eigenvalue weighted by Gasteiger charge is -2.38. The summed E-state index contributed by atoms with van der Waals surface area (Å²) in [4.78, 5) is 21.0. The van der Waals surface area contributed by atoms with E-state index in [1.165, 1.54) is 9.47 Å². The van der Waals surface area contributed by atoms with Crippen molar-refractivity contribution in [1.82, 2.24) is 4.90 Å². The highest BCUT2D eigenvalue weighted by molar-refractivity contribution is 7.08. The van der Waals surface area contributed by atoms with Crippen LogP contribution >= 0.6 is 9.47 Å². The van der Waals surface area contributed by atoms with E-state index in [0.29, 0.717) is 48.3 Å². The Morgan fingerprint density at radius 2 is 1.57 bits per heavy atom. The molecule has 0 radical (unpaired) electrons. The fraction of sp³-hybridized carbons (Fsp3) is 0.517. The summed E-state index contributed by atoms with van der Waals surface area (Å²) in [5.74, 6) is 0.00212. The number of aliphatic hydroxyl groups is 2. The lowest BCUT2D eigenvalue weighted by atomic mass is 9.81. The Morgan fingerprint density at radius 3 is 2.05 bits per heavy atom. The monoisotopic (exact) mass is 583 g/mol. The van der Waals surface area contributed by atoms with Crippen molar-refractivity contribution in [3.8, 4) is 0 Å². The summed E-state index contributed by atoms with van der Waals surface area (Å²) in [6.45, 7) is 2.47. The van der Waals surface area contributed by atoms with Crippen LogP contribution < -0.4 is 5.73 Å². The Kier molecular flexibility index (Phi) is 13.2. The van der Waals surface area contributed by atoms with Gasteiger partial charge in [-0.2, -0.15) is 13.2 Å². The quantitative estimate of drug-likeness (QED) is 0.249. The highest BCUT2D eigenvalue weighted by Crippen LogP contribution is 2.41. The van der Waals surface area contributed by atoms with Gasteiger partial charge in [0.2, 0.25) is 0 Å². The Hall–Kier alpha value is -2.36. The van der Waals surface area contributed by atoms with Crippen molar-refractivity contribution in [2.75, 3.05) is 19.7 Å². The average molecular weight is 584 g/mol. The van der Waals surface area contributed by atoms with Gasteiger partial charge in [-0.25, -0.2) is 0 Å². The van der Waals surface area contributed by atoms with Crippen LogP contribution in [0.15, 0.2) is 42.5 Å². The first-order chi connectivity index (χ1) is 19.0. The first kappa shape index (κ1) is 33.8. The minimum absolute atomic E-state index is 0.0147. The molecule has 1 saturated carbocycles. The molecule has 1 atom stereocenters. The number of benzene rings is 2. The fourth-order valence-corrected chi connectivity index (χ4v) is 5.08. The number of amides is 1. The summed E-state index contributed by atoms with van der Waals surface area (Å²) >= 11 is 0. The second kappa shape index (κ2) is 15.6. The molecule has 0 aromatic heterocycles. The van der Waals surface area contributed by atoms with E-state index in [2.05, 4.69) is 0 Å². The van der Waals surface area contributed by atoms with E-state index in [4.69, 9.17) is 21.1 Å². The van der Waals surface area contributed by atoms with Crippen molar-refractivity contribution in [1.29, 1.82) is 5.41 Å². The summed E-state index contributed by atoms with van der Waals surface area (Å²) < 4.78 is 39.1. The van der Waals surface area contributed by atoms with Crippen molar-refractivity contribution in [3.05, 3.63) is 70.3 Å². The number of nitrogens with two attached hydrogens (primary N) is 1. The molecule has 11 heteroatoms. The summed E-state index contributed by atoms with van der Waals surface area (Å²) in [5.41, 5.74) is 7.55. The molecule has 0 bridgehead atoms. The molecule has 2 aromatic rings. The summed E-state index contributed by atoms with van der Waals surface area (Å²) in [6, 6.07) is 11.3. The number of halogens is 3. The zero-order valence-electron chi connectivity index (χ0n) is 22.9. The Labute approximate surface area is 236 Å². The maximum Gasteiger partial charge on any atom is 0.416 e. The van der Waals surface area contributed by atoms with E-state index < -0.39 is 17.3 Å². The standard InChI is InChI=1S/C15H21N3O2.C14H17F3O.H3OP/c1-11(16)12-2-4-13(5-3-12)14(20)18-8-6-15(17,10-19)7-9-18;15-14(16,17)13-8-10(9-18)6-7-12(13)11-4-2-1-3-5-11;1-2/h2-5,16,19H,6-10,17H2,1H3;6-8,11,18H,1-5,9H2;1H,2H2. The molecule has 1 amide bonds. The zero-order chi connectivity index (χ0) is 29.9. The van der Waals surface area contributed by atoms with Crippen LogP contribution in [0.3, 0.4) is 0 Å². The molecule has 2 aliphatic rings. The number of likely N-dealkylation sites (tertiary alicyclic amines) is 1. The first-order valence-corrected chi connectivity index (χ1v) is 13.9. The van der Waals surface area contributed by atoms with Crippen LogP contribution in [0.25, 0.3) is 0 Å². The summed E-state index contributed by atoms with van der Waals surface area (Å²) in [6.07, 6.45) is 1.70. The normalized spacial score (nSPS) is 17.2. The number of hydrogen-bond donors (Lipinski definition) is 5. The molecule has 40 heavy (non-hydrogen) atoms. The van der Waals surface area contributed by atoms with Crippen molar-refractivity contribution in [2.45, 2.75) is 76.1 Å². The van der Waals surface area contributed by atoms with Gasteiger partial charge in [0.1, 0.15) is 0 Å². The summed E-state index contributed by atoms with van der Waals surface area (Å²) in [5, 5.41) is 25.7. The molecule has 6 N–H and O–H groups in total. The van der Waals surface area contributed by atoms with Gasteiger partial charge in [0.15, 0.2) is 0 Å². The van der Waals surface area contributed by atoms with E-state index in [9.17, 15) is 23.1 Å². The van der Waals surface area contributed by atoms with E-state index in [1.54, 1.807) is 48.2 Å². The number of alkyl halides is 3. The van der Waals surface area contributed by atoms with Gasteiger partial charge in [0.05, 0.1) is 18.8 Å². The molecule has 1 aliphatic heterocycles. The topological polar surface area (TPSA) is 131 Å². The highest BCUT2D eigenvalue weighted by Gasteiger charge is 2.36. The van der Waals surface area contributed by atoms with Crippen LogP contribution in [0, 0.1) is 5.41 Å². The molecule has 1 aliphatic carbocycles. The van der Waals surface area contributed by atoms with Crippen LogP contribution in [-0.2, 0) is 12.8 Å². The molecule has 0 spiro atoms. The number of nitrogens with zero attached hydrogens (tertiary/aromatic N) is 1. The minimum Gasteiger partial charge on any atom is -0.394 e. The molecule has 1 saturated heterocycles. The largest absolute Gasteiger partial charge is 0.416 e. The number of nitrogens with one attached hydrogen (secondary N) is 1. The molecule has 1 unspecified atom stereocenters. The molecule has 7 nitrogen and oxygen atoms in total. The van der Waals surface area contributed by atoms with Crippen LogP contribution in [0.4, 0.5) is 13.2 Å². The Morgan fingerprint density at radius 1 is 1.02 bits per heavy atom. The molecule has 1 heterocycles. The zero-order valence-corrected chi connectivity index (χ0v) is 24.0. The average Bonchev–Trinajstić information content (AvgIpc) is 2.98. The second-order valence-corrected chi connectivity index (χ2v) is 10.4. The fourth-order valence-electron chi connectivity index (χ4n) is 5.08. The van der Waals surface area contributed by atoms with Gasteiger partial charge in [-0.1, -0.05) is 43.5 Å². The lowest BCUT2D eigenvalue weighted by Crippen LogP contribution is -2.53. The number of carbonyl (C=O) groups is 1. The third kappa shape index (κ3) is 9.35. The van der Waals surface area contributed by atoms with Crippen LogP contribution in [0.1, 0.15) is 90.4 Å². The Bertz CT molecular complexity index is 1100. The molecule has 2 fully saturated rings. The third-order valence-electron chi connectivity index (χ3n) is 7.58. The number of hydrogen-bond acceptors (Lipinski definition) is 6. The highest BCUT2D eigenvalue weighted by atomic mass is 31.0. The molecule has 2 aromatic carbocycles. The van der Waals surface area contributed by atoms with E-state index in [-0.39, 0.29) is 25.0 Å². The summed E-state index contributed by atoms with van der Waals surface area (Å²) in [7, 11) is 1.42. The first-order valence-electron chi connectivity index (χ1n) is 13.4. The maximum atomic E-state index is 13.0. The third-order valence-corrected chi connectivity index (χ3v) is 7.58. The van der Waals surface area contributed by atoms with Crippen LogP contribution in [0.2, 0.25) is 0 Å². The van der Waals surface area contributed by atoms with Gasteiger partial charge in [0.25, 0.3) is 5.91 Å². The van der Waals surface area contributed by atoms with Gasteiger partial charge >= 0.3 is 6.18 Å². The molecule has 222 valence electrons. The van der Waals surface area contributed by atoms with Gasteiger partial charge in [-0.05, 0) is 82.9 Å². The number of rotatable bonds is 5. The van der Waals surface area contributed by atoms with Gasteiger partial charge < -0.3 is 31.1 Å². The molecule has 4 rings (SSSR count). The van der Waals surface area contributed by atoms with Crippen LogP contribution in [0.5, 0.6) is 0 Å². The molecular formula is C29H41F3N3O4P. The predicted molar refractivity (Wildman–Crippen MR) is 153 cm³/mol. The Balaban J connectivity index is 0.000000265. The SMILES string of the molecule is CC(=N)c1ccc(C(=O)N2CCC(N)(CO)CC2)cc1.OCc1ccc(C2CCCCC2)c(C(F)(F)F)c1.OP. The number of aliphatic hydroxyl groups excluding tert-OH is 2. The van der Waals surface area contributed by atoms with Crippen molar-refractivity contribution >= 4 is 21.1 Å². The van der Waals surface area contributed by atoms with Gasteiger partial charge in [-0.3, -0.25) is 4.79 Å². The number of piperidine rings is 1. The van der Waals surface area contributed by atoms with Crippen molar-refractivity contribution in [2.24, 2.45) is 5.73 Å². The molecular weight excluding hydrogens is 542 g/mol. The smallest absolute Gasteiger partial charge is 0.394 e. The van der Waals surface area contributed by atoms with E-state index in [0.717, 1.165) is 43.7 Å². The van der Waals surface area contributed by atoms with Gasteiger partial charge in [0, 0.05) is 29.9 Å². The minimum atomic E-state index is -4.34. The van der Waals surface area contributed by atoms with Crippen molar-refractivity contribution in [3.63, 3.8) is 0 Å². The van der Waals surface area contributed by atoms with Crippen molar-refractivity contribution < 1.29 is 33.1 Å². The number of carbonyl (C=O) groups excluding carboxylic acids is 1. The van der Waals surface area contributed by atoms with E-state index in [1.807, 2.05) is 0 Å². The maximum absolute atomic E-state index is 13.0. The second-order valence-electron chi connectivity index (χ2n) is 10.4. The lowest BCUT2D eigenvalue weighted by molar-refractivity contribution is -0.138. The predicted octanol–water partition coefficient (Wildman–Crippen LogP) is 5.01.